The first-order valence-corrected chi connectivity index (χ1v) is 6.73. The minimum atomic E-state index is 0.473. The van der Waals surface area contributed by atoms with Gasteiger partial charge in [-0.2, -0.15) is 0 Å². The first kappa shape index (κ1) is 13.4. The fourth-order valence-corrected chi connectivity index (χ4v) is 2.34. The third-order valence-electron chi connectivity index (χ3n) is 3.41. The topological polar surface area (TPSA) is 48.2 Å². The second-order valence-corrected chi connectivity index (χ2v) is 4.86. The van der Waals surface area contributed by atoms with E-state index in [-0.39, 0.29) is 0 Å². The summed E-state index contributed by atoms with van der Waals surface area (Å²) in [6.45, 7) is 3.86. The zero-order valence-corrected chi connectivity index (χ0v) is 12.3. The van der Waals surface area contributed by atoms with Gasteiger partial charge in [-0.05, 0) is 35.7 Å². The van der Waals surface area contributed by atoms with Crippen molar-refractivity contribution < 1.29 is 9.15 Å². The van der Waals surface area contributed by atoms with E-state index in [4.69, 9.17) is 9.15 Å². The van der Waals surface area contributed by atoms with Gasteiger partial charge in [0, 0.05) is 6.92 Å². The predicted molar refractivity (Wildman–Crippen MR) is 81.2 cm³/mol. The van der Waals surface area contributed by atoms with Crippen LogP contribution in [0.2, 0.25) is 0 Å². The first-order chi connectivity index (χ1) is 10.2. The smallest absolute Gasteiger partial charge is 0.251 e. The average molecular weight is 280 g/mol. The zero-order chi connectivity index (χ0) is 14.8. The molecular weight excluding hydrogens is 264 g/mol. The highest BCUT2D eigenvalue weighted by Crippen LogP contribution is 2.34. The van der Waals surface area contributed by atoms with Crippen LogP contribution in [0.5, 0.6) is 5.75 Å². The summed E-state index contributed by atoms with van der Waals surface area (Å²) >= 11 is 0. The number of rotatable bonds is 3. The Balaban J connectivity index is 2.10. The average Bonchev–Trinajstić information content (AvgIpc) is 2.93. The lowest BCUT2D eigenvalue weighted by Crippen LogP contribution is -1.90. The Hall–Kier alpha value is -2.62. The molecule has 0 saturated carbocycles. The summed E-state index contributed by atoms with van der Waals surface area (Å²) in [7, 11) is 1.64. The number of ether oxygens (including phenoxy) is 1. The van der Waals surface area contributed by atoms with Gasteiger partial charge < -0.3 is 9.15 Å². The maximum Gasteiger partial charge on any atom is 0.251 e. The molecule has 0 amide bonds. The van der Waals surface area contributed by atoms with E-state index in [1.54, 1.807) is 14.0 Å². The maximum atomic E-state index is 5.48. The molecule has 3 rings (SSSR count). The molecule has 21 heavy (non-hydrogen) atoms. The van der Waals surface area contributed by atoms with Crippen LogP contribution >= 0.6 is 0 Å². The molecule has 0 aliphatic heterocycles. The number of aryl methyl sites for hydroxylation is 2. The Morgan fingerprint density at radius 2 is 1.76 bits per heavy atom. The van der Waals surface area contributed by atoms with Gasteiger partial charge in [0.15, 0.2) is 0 Å². The molecule has 2 aromatic carbocycles. The van der Waals surface area contributed by atoms with Gasteiger partial charge in [-0.3, -0.25) is 0 Å². The standard InChI is InChI=1S/C17H16N2O2/c1-11-6-4-5-7-14(11)13-8-9-15(16(10-13)20-3)17-19-18-12(2)21-17/h4-10H,1-3H3. The van der Waals surface area contributed by atoms with Gasteiger partial charge in [-0.15, -0.1) is 10.2 Å². The Bertz CT molecular complexity index is 778. The molecule has 0 N–H and O–H groups in total. The van der Waals surface area contributed by atoms with E-state index in [1.165, 1.54) is 11.1 Å². The highest BCUT2D eigenvalue weighted by atomic mass is 16.5. The quantitative estimate of drug-likeness (QED) is 0.726. The van der Waals surface area contributed by atoms with Crippen LogP contribution in [0.4, 0.5) is 0 Å². The van der Waals surface area contributed by atoms with Crippen molar-refractivity contribution in [3.63, 3.8) is 0 Å². The molecule has 106 valence electrons. The fourth-order valence-electron chi connectivity index (χ4n) is 2.34. The summed E-state index contributed by atoms with van der Waals surface area (Å²) in [5.74, 6) is 1.73. The second-order valence-electron chi connectivity index (χ2n) is 4.86. The summed E-state index contributed by atoms with van der Waals surface area (Å²) in [5.41, 5.74) is 4.31. The highest BCUT2D eigenvalue weighted by molar-refractivity contribution is 5.74. The number of methoxy groups -OCH3 is 1. The van der Waals surface area contributed by atoms with Crippen LogP contribution in [0.15, 0.2) is 46.9 Å². The molecule has 0 saturated heterocycles. The molecule has 0 radical (unpaired) electrons. The lowest BCUT2D eigenvalue weighted by atomic mass is 9.99. The predicted octanol–water partition coefficient (Wildman–Crippen LogP) is 4.03. The van der Waals surface area contributed by atoms with Gasteiger partial charge in [-0.25, -0.2) is 0 Å². The molecule has 0 atom stereocenters. The Labute approximate surface area is 123 Å². The number of hydrogen-bond donors (Lipinski definition) is 0. The number of hydrogen-bond acceptors (Lipinski definition) is 4. The van der Waals surface area contributed by atoms with E-state index in [0.29, 0.717) is 11.8 Å². The van der Waals surface area contributed by atoms with Gasteiger partial charge >= 0.3 is 0 Å². The van der Waals surface area contributed by atoms with Crippen LogP contribution < -0.4 is 4.74 Å². The normalized spacial score (nSPS) is 10.6. The molecule has 3 aromatic rings. The Morgan fingerprint density at radius 1 is 0.952 bits per heavy atom. The van der Waals surface area contributed by atoms with Crippen LogP contribution in [-0.2, 0) is 0 Å². The highest BCUT2D eigenvalue weighted by Gasteiger charge is 2.13. The summed E-state index contributed by atoms with van der Waals surface area (Å²) in [5, 5.41) is 7.91. The molecule has 1 heterocycles. The molecule has 4 heteroatoms. The fraction of sp³-hybridized carbons (Fsp3) is 0.176. The minimum Gasteiger partial charge on any atom is -0.496 e. The lowest BCUT2D eigenvalue weighted by Gasteiger charge is -2.10. The van der Waals surface area contributed by atoms with Crippen molar-refractivity contribution in [3.05, 3.63) is 53.9 Å². The largest absolute Gasteiger partial charge is 0.496 e. The van der Waals surface area contributed by atoms with Crippen molar-refractivity contribution in [2.45, 2.75) is 13.8 Å². The molecule has 4 nitrogen and oxygen atoms in total. The third-order valence-corrected chi connectivity index (χ3v) is 3.41. The summed E-state index contributed by atoms with van der Waals surface area (Å²) in [4.78, 5) is 0. The number of nitrogens with zero attached hydrogens (tertiary/aromatic N) is 2. The molecule has 1 aromatic heterocycles. The van der Waals surface area contributed by atoms with E-state index in [0.717, 1.165) is 16.9 Å². The molecule has 0 spiro atoms. The first-order valence-electron chi connectivity index (χ1n) is 6.73. The summed E-state index contributed by atoms with van der Waals surface area (Å²) < 4.78 is 11.0. The molecule has 0 unspecified atom stereocenters. The van der Waals surface area contributed by atoms with Gasteiger partial charge in [-0.1, -0.05) is 30.3 Å². The van der Waals surface area contributed by atoms with Gasteiger partial charge in [0.1, 0.15) is 5.75 Å². The molecular formula is C17H16N2O2. The second kappa shape index (κ2) is 5.40. The van der Waals surface area contributed by atoms with Gasteiger partial charge in [0.2, 0.25) is 5.89 Å². The Kier molecular flexibility index (Phi) is 3.44. The SMILES string of the molecule is COc1cc(-c2ccccc2C)ccc1-c1nnc(C)o1. The zero-order valence-electron chi connectivity index (χ0n) is 12.3. The summed E-state index contributed by atoms with van der Waals surface area (Å²) in [6.07, 6.45) is 0. The van der Waals surface area contributed by atoms with Crippen molar-refractivity contribution in [1.82, 2.24) is 10.2 Å². The van der Waals surface area contributed by atoms with Crippen molar-refractivity contribution >= 4 is 0 Å². The van der Waals surface area contributed by atoms with E-state index in [1.807, 2.05) is 30.3 Å². The van der Waals surface area contributed by atoms with E-state index in [9.17, 15) is 0 Å². The van der Waals surface area contributed by atoms with E-state index in [2.05, 4.69) is 29.3 Å². The van der Waals surface area contributed by atoms with Crippen molar-refractivity contribution in [2.24, 2.45) is 0 Å². The molecule has 0 aliphatic carbocycles. The van der Waals surface area contributed by atoms with Crippen LogP contribution in [0.25, 0.3) is 22.6 Å². The lowest BCUT2D eigenvalue weighted by molar-refractivity contribution is 0.414. The number of aromatic nitrogens is 2. The van der Waals surface area contributed by atoms with E-state index >= 15 is 0 Å². The van der Waals surface area contributed by atoms with Crippen LogP contribution in [0.1, 0.15) is 11.5 Å². The van der Waals surface area contributed by atoms with Crippen LogP contribution in [-0.4, -0.2) is 17.3 Å². The monoisotopic (exact) mass is 280 g/mol. The minimum absolute atomic E-state index is 0.473. The molecule has 0 bridgehead atoms. The molecule has 0 fully saturated rings. The van der Waals surface area contributed by atoms with Gasteiger partial charge in [0.25, 0.3) is 5.89 Å². The summed E-state index contributed by atoms with van der Waals surface area (Å²) in [6, 6.07) is 14.2. The molecule has 0 aliphatic rings. The Morgan fingerprint density at radius 3 is 2.43 bits per heavy atom. The van der Waals surface area contributed by atoms with Crippen molar-refractivity contribution in [2.75, 3.05) is 7.11 Å². The van der Waals surface area contributed by atoms with Gasteiger partial charge in [0.05, 0.1) is 12.7 Å². The number of benzene rings is 2. The van der Waals surface area contributed by atoms with Crippen LogP contribution in [0.3, 0.4) is 0 Å². The third kappa shape index (κ3) is 2.52. The van der Waals surface area contributed by atoms with E-state index < -0.39 is 0 Å². The van der Waals surface area contributed by atoms with Crippen molar-refractivity contribution in [1.29, 1.82) is 0 Å². The van der Waals surface area contributed by atoms with Crippen molar-refractivity contribution in [3.8, 4) is 28.3 Å². The van der Waals surface area contributed by atoms with Crippen LogP contribution in [0, 0.1) is 13.8 Å². The maximum absolute atomic E-state index is 5.48.